The summed E-state index contributed by atoms with van der Waals surface area (Å²) in [7, 11) is 0. The van der Waals surface area contributed by atoms with Gasteiger partial charge in [-0.05, 0) is 19.1 Å². The SMILES string of the molecule is CCOc1ccccc1NC(=O)/C(N)=N/O. The lowest BCUT2D eigenvalue weighted by atomic mass is 10.3. The van der Waals surface area contributed by atoms with Crippen LogP contribution in [0.1, 0.15) is 6.92 Å². The van der Waals surface area contributed by atoms with E-state index in [-0.39, 0.29) is 0 Å². The van der Waals surface area contributed by atoms with Crippen LogP contribution in [0.3, 0.4) is 0 Å². The molecule has 1 rings (SSSR count). The first-order chi connectivity index (χ1) is 7.69. The van der Waals surface area contributed by atoms with Crippen LogP contribution in [-0.2, 0) is 4.79 Å². The van der Waals surface area contributed by atoms with E-state index in [1.54, 1.807) is 24.3 Å². The molecule has 0 fully saturated rings. The predicted octanol–water partition coefficient (Wildman–Crippen LogP) is 0.770. The molecule has 4 N–H and O–H groups in total. The molecule has 0 heterocycles. The van der Waals surface area contributed by atoms with Crippen LogP contribution < -0.4 is 15.8 Å². The van der Waals surface area contributed by atoms with Crippen molar-refractivity contribution in [3.05, 3.63) is 24.3 Å². The Labute approximate surface area is 92.7 Å². The van der Waals surface area contributed by atoms with Crippen molar-refractivity contribution in [2.45, 2.75) is 6.92 Å². The molecule has 0 aromatic heterocycles. The van der Waals surface area contributed by atoms with Gasteiger partial charge in [0.05, 0.1) is 12.3 Å². The van der Waals surface area contributed by atoms with E-state index in [9.17, 15) is 4.79 Å². The molecule has 0 saturated heterocycles. The number of oxime groups is 1. The Bertz CT molecular complexity index is 404. The first-order valence-electron chi connectivity index (χ1n) is 4.69. The molecule has 0 aliphatic heterocycles. The average Bonchev–Trinajstić information content (AvgIpc) is 2.31. The van der Waals surface area contributed by atoms with Crippen LogP contribution in [0.5, 0.6) is 5.75 Å². The second kappa shape index (κ2) is 5.59. The van der Waals surface area contributed by atoms with Gasteiger partial charge < -0.3 is 21.0 Å². The fraction of sp³-hybridized carbons (Fsp3) is 0.200. The fourth-order valence-electron chi connectivity index (χ4n) is 1.08. The van der Waals surface area contributed by atoms with Crippen LogP contribution in [0.2, 0.25) is 0 Å². The molecule has 1 amide bonds. The second-order valence-electron chi connectivity index (χ2n) is 2.87. The highest BCUT2D eigenvalue weighted by atomic mass is 16.5. The van der Waals surface area contributed by atoms with E-state index in [2.05, 4.69) is 10.5 Å². The Morgan fingerprint density at radius 1 is 1.56 bits per heavy atom. The van der Waals surface area contributed by atoms with Gasteiger partial charge in [0.15, 0.2) is 0 Å². The summed E-state index contributed by atoms with van der Waals surface area (Å²) in [6.45, 7) is 2.32. The summed E-state index contributed by atoms with van der Waals surface area (Å²) in [4.78, 5) is 11.3. The highest BCUT2D eigenvalue weighted by Gasteiger charge is 2.10. The molecule has 1 aromatic carbocycles. The van der Waals surface area contributed by atoms with Crippen molar-refractivity contribution < 1.29 is 14.7 Å². The van der Waals surface area contributed by atoms with Crippen molar-refractivity contribution in [2.75, 3.05) is 11.9 Å². The predicted molar refractivity (Wildman–Crippen MR) is 59.6 cm³/mol. The molecule has 6 heteroatoms. The summed E-state index contributed by atoms with van der Waals surface area (Å²) in [6, 6.07) is 6.90. The number of nitrogens with two attached hydrogens (primary N) is 1. The summed E-state index contributed by atoms with van der Waals surface area (Å²) < 4.78 is 5.29. The van der Waals surface area contributed by atoms with Crippen LogP contribution in [-0.4, -0.2) is 23.6 Å². The molecule has 0 bridgehead atoms. The van der Waals surface area contributed by atoms with Crippen LogP contribution in [0.15, 0.2) is 29.4 Å². The molecule has 16 heavy (non-hydrogen) atoms. The molecule has 0 saturated carbocycles. The number of amidine groups is 1. The number of benzene rings is 1. The molecule has 0 atom stereocenters. The van der Waals surface area contributed by atoms with Crippen molar-refractivity contribution in [3.63, 3.8) is 0 Å². The van der Waals surface area contributed by atoms with Gasteiger partial charge in [0.25, 0.3) is 5.91 Å². The van der Waals surface area contributed by atoms with Gasteiger partial charge in [-0.1, -0.05) is 17.3 Å². The number of amides is 1. The normalized spacial score (nSPS) is 10.9. The molecule has 0 aliphatic rings. The quantitative estimate of drug-likeness (QED) is 0.305. The van der Waals surface area contributed by atoms with Crippen LogP contribution in [0, 0.1) is 0 Å². The van der Waals surface area contributed by atoms with Gasteiger partial charge in [0.2, 0.25) is 5.84 Å². The number of para-hydroxylation sites is 2. The third-order valence-corrected chi connectivity index (χ3v) is 1.78. The number of hydrogen-bond donors (Lipinski definition) is 3. The van der Waals surface area contributed by atoms with Gasteiger partial charge in [-0.15, -0.1) is 0 Å². The second-order valence-corrected chi connectivity index (χ2v) is 2.87. The van der Waals surface area contributed by atoms with Crippen molar-refractivity contribution in [1.29, 1.82) is 0 Å². The van der Waals surface area contributed by atoms with E-state index in [1.807, 2.05) is 6.92 Å². The standard InChI is InChI=1S/C10H13N3O3/c1-2-16-8-6-4-3-5-7(8)12-10(14)9(11)13-15/h3-6,15H,2H2,1H3,(H2,11,13)(H,12,14). The third-order valence-electron chi connectivity index (χ3n) is 1.78. The maximum absolute atomic E-state index is 11.3. The van der Waals surface area contributed by atoms with Gasteiger partial charge in [-0.25, -0.2) is 0 Å². The number of rotatable bonds is 3. The van der Waals surface area contributed by atoms with Crippen LogP contribution >= 0.6 is 0 Å². The molecule has 1 aromatic rings. The van der Waals surface area contributed by atoms with E-state index in [1.165, 1.54) is 0 Å². The molecule has 0 unspecified atom stereocenters. The smallest absolute Gasteiger partial charge is 0.294 e. The number of nitrogens with zero attached hydrogens (tertiary/aromatic N) is 1. The highest BCUT2D eigenvalue weighted by molar-refractivity contribution is 6.41. The number of nitrogens with one attached hydrogen (secondary N) is 1. The summed E-state index contributed by atoms with van der Waals surface area (Å²) in [5, 5.41) is 13.4. The van der Waals surface area contributed by atoms with Gasteiger partial charge in [-0.3, -0.25) is 4.79 Å². The van der Waals surface area contributed by atoms with Crippen LogP contribution in [0.25, 0.3) is 0 Å². The summed E-state index contributed by atoms with van der Waals surface area (Å²) in [5.74, 6) is -0.662. The molecule has 0 radical (unpaired) electrons. The first-order valence-corrected chi connectivity index (χ1v) is 4.69. The summed E-state index contributed by atoms with van der Waals surface area (Å²) in [6.07, 6.45) is 0. The van der Waals surface area contributed by atoms with Gasteiger partial charge in [0, 0.05) is 0 Å². The lowest BCUT2D eigenvalue weighted by Gasteiger charge is -2.10. The third kappa shape index (κ3) is 2.88. The fourth-order valence-corrected chi connectivity index (χ4v) is 1.08. The number of anilines is 1. The van der Waals surface area contributed by atoms with Gasteiger partial charge >= 0.3 is 0 Å². The molecule has 0 spiro atoms. The van der Waals surface area contributed by atoms with Crippen LogP contribution in [0.4, 0.5) is 5.69 Å². The Hall–Kier alpha value is -2.24. The number of carbonyl (C=O) groups is 1. The first kappa shape index (κ1) is 11.8. The molecule has 6 nitrogen and oxygen atoms in total. The van der Waals surface area contributed by atoms with Crippen molar-refractivity contribution >= 4 is 17.4 Å². The maximum atomic E-state index is 11.3. The Balaban J connectivity index is 2.84. The maximum Gasteiger partial charge on any atom is 0.294 e. The Kier molecular flexibility index (Phi) is 4.14. The Morgan fingerprint density at radius 2 is 2.25 bits per heavy atom. The lowest BCUT2D eigenvalue weighted by molar-refractivity contribution is -0.110. The minimum absolute atomic E-state index is 0.473. The zero-order valence-electron chi connectivity index (χ0n) is 8.80. The zero-order valence-corrected chi connectivity index (χ0v) is 8.80. The minimum atomic E-state index is -0.686. The topological polar surface area (TPSA) is 96.9 Å². The average molecular weight is 223 g/mol. The van der Waals surface area contributed by atoms with E-state index >= 15 is 0 Å². The summed E-state index contributed by atoms with van der Waals surface area (Å²) >= 11 is 0. The molecule has 86 valence electrons. The highest BCUT2D eigenvalue weighted by Crippen LogP contribution is 2.23. The van der Waals surface area contributed by atoms with Crippen molar-refractivity contribution in [2.24, 2.45) is 10.9 Å². The van der Waals surface area contributed by atoms with E-state index in [0.717, 1.165) is 0 Å². The largest absolute Gasteiger partial charge is 0.492 e. The van der Waals surface area contributed by atoms with Gasteiger partial charge in [-0.2, -0.15) is 0 Å². The number of hydrogen-bond acceptors (Lipinski definition) is 4. The minimum Gasteiger partial charge on any atom is -0.492 e. The van der Waals surface area contributed by atoms with E-state index in [0.29, 0.717) is 18.0 Å². The van der Waals surface area contributed by atoms with E-state index in [4.69, 9.17) is 15.7 Å². The zero-order chi connectivity index (χ0) is 12.0. The van der Waals surface area contributed by atoms with E-state index < -0.39 is 11.7 Å². The number of carbonyl (C=O) groups excluding carboxylic acids is 1. The van der Waals surface area contributed by atoms with Crippen molar-refractivity contribution in [3.8, 4) is 5.75 Å². The summed E-state index contributed by atoms with van der Waals surface area (Å²) in [5.41, 5.74) is 5.61. The Morgan fingerprint density at radius 3 is 2.88 bits per heavy atom. The number of ether oxygens (including phenoxy) is 1. The molecular weight excluding hydrogens is 210 g/mol. The lowest BCUT2D eigenvalue weighted by Crippen LogP contribution is -2.30. The van der Waals surface area contributed by atoms with Gasteiger partial charge in [0.1, 0.15) is 5.75 Å². The molecular formula is C10H13N3O3. The molecule has 0 aliphatic carbocycles. The monoisotopic (exact) mass is 223 g/mol. The van der Waals surface area contributed by atoms with Crippen molar-refractivity contribution in [1.82, 2.24) is 0 Å².